The fraction of sp³-hybridized carbons (Fsp3) is 0.500. The first-order valence-electron chi connectivity index (χ1n) is 9.74. The number of rotatable bonds is 5. The molecule has 2 aromatic rings. The lowest BCUT2D eigenvalue weighted by atomic mass is 9.93. The van der Waals surface area contributed by atoms with E-state index in [-0.39, 0.29) is 30.4 Å². The molecule has 0 spiro atoms. The third kappa shape index (κ3) is 3.72. The number of nitrogens with zero attached hydrogens (tertiary/aromatic N) is 2. The molecule has 1 saturated heterocycles. The average molecular weight is 384 g/mol. The first-order chi connectivity index (χ1) is 13.5. The van der Waals surface area contributed by atoms with Gasteiger partial charge in [0.15, 0.2) is 6.61 Å². The zero-order valence-corrected chi connectivity index (χ0v) is 15.9. The minimum absolute atomic E-state index is 0.0279. The molecule has 8 heteroatoms. The molecule has 2 heterocycles. The maximum Gasteiger partial charge on any atom is 0.258 e. The van der Waals surface area contributed by atoms with E-state index < -0.39 is 5.92 Å². The highest BCUT2D eigenvalue weighted by Crippen LogP contribution is 2.31. The SMILES string of the molecule is Cn1nc(C2CCC(=O)NC2=O)c2ccc(OCC(=O)NC3CCCC3)cc21. The highest BCUT2D eigenvalue weighted by Gasteiger charge is 2.31. The van der Waals surface area contributed by atoms with Crippen molar-refractivity contribution in [1.82, 2.24) is 20.4 Å². The van der Waals surface area contributed by atoms with Gasteiger partial charge in [-0.2, -0.15) is 5.10 Å². The van der Waals surface area contributed by atoms with E-state index in [1.54, 1.807) is 17.8 Å². The summed E-state index contributed by atoms with van der Waals surface area (Å²) < 4.78 is 7.35. The van der Waals surface area contributed by atoms with Crippen molar-refractivity contribution in [3.63, 3.8) is 0 Å². The zero-order chi connectivity index (χ0) is 19.7. The van der Waals surface area contributed by atoms with E-state index in [0.717, 1.165) is 23.7 Å². The van der Waals surface area contributed by atoms with Crippen LogP contribution in [-0.2, 0) is 21.4 Å². The summed E-state index contributed by atoms with van der Waals surface area (Å²) in [5.74, 6) is -0.522. The number of carbonyl (C=O) groups is 3. The Hall–Kier alpha value is -2.90. The Balaban J connectivity index is 1.47. The van der Waals surface area contributed by atoms with Crippen molar-refractivity contribution in [1.29, 1.82) is 0 Å². The molecular weight excluding hydrogens is 360 g/mol. The number of ether oxygens (including phenoxy) is 1. The fourth-order valence-corrected chi connectivity index (χ4v) is 4.06. The first kappa shape index (κ1) is 18.5. The molecule has 8 nitrogen and oxygen atoms in total. The first-order valence-corrected chi connectivity index (χ1v) is 9.74. The molecule has 1 saturated carbocycles. The summed E-state index contributed by atoms with van der Waals surface area (Å²) in [5.41, 5.74) is 1.47. The normalized spacial score (nSPS) is 20.4. The van der Waals surface area contributed by atoms with Gasteiger partial charge in [0, 0.05) is 31.0 Å². The number of hydrogen-bond donors (Lipinski definition) is 2. The van der Waals surface area contributed by atoms with E-state index in [0.29, 0.717) is 24.3 Å². The van der Waals surface area contributed by atoms with Crippen LogP contribution in [0.3, 0.4) is 0 Å². The Kier molecular flexibility index (Phi) is 5.02. The number of imide groups is 1. The molecule has 4 rings (SSSR count). The van der Waals surface area contributed by atoms with Gasteiger partial charge in [0.1, 0.15) is 5.75 Å². The summed E-state index contributed by atoms with van der Waals surface area (Å²) in [6.45, 7) is -0.0279. The van der Waals surface area contributed by atoms with E-state index in [1.807, 2.05) is 12.1 Å². The maximum absolute atomic E-state index is 12.2. The molecule has 1 unspecified atom stereocenters. The standard InChI is InChI=1S/C20H24N4O4/c1-24-16-10-13(28-11-18(26)21-12-4-2-3-5-12)6-7-14(16)19(23-24)15-8-9-17(25)22-20(15)27/h6-7,10,12,15H,2-5,8-9,11H2,1H3,(H,21,26)(H,22,25,27). The van der Waals surface area contributed by atoms with Crippen LogP contribution in [0.1, 0.15) is 50.1 Å². The lowest BCUT2D eigenvalue weighted by Crippen LogP contribution is -2.39. The number of carbonyl (C=O) groups excluding carboxylic acids is 3. The van der Waals surface area contributed by atoms with Crippen LogP contribution in [0.15, 0.2) is 18.2 Å². The largest absolute Gasteiger partial charge is 0.484 e. The summed E-state index contributed by atoms with van der Waals surface area (Å²) in [4.78, 5) is 35.6. The molecule has 148 valence electrons. The maximum atomic E-state index is 12.2. The summed E-state index contributed by atoms with van der Waals surface area (Å²) in [7, 11) is 1.80. The smallest absolute Gasteiger partial charge is 0.258 e. The molecule has 0 bridgehead atoms. The highest BCUT2D eigenvalue weighted by atomic mass is 16.5. The van der Waals surface area contributed by atoms with Gasteiger partial charge in [-0.15, -0.1) is 0 Å². The van der Waals surface area contributed by atoms with Crippen molar-refractivity contribution in [3.8, 4) is 5.75 Å². The van der Waals surface area contributed by atoms with Gasteiger partial charge in [0.05, 0.1) is 17.1 Å². The second-order valence-electron chi connectivity index (χ2n) is 7.53. The predicted molar refractivity (Wildman–Crippen MR) is 102 cm³/mol. The lowest BCUT2D eigenvalue weighted by molar-refractivity contribution is -0.134. The molecule has 0 radical (unpaired) electrons. The van der Waals surface area contributed by atoms with Gasteiger partial charge in [-0.25, -0.2) is 0 Å². The quantitative estimate of drug-likeness (QED) is 0.761. The van der Waals surface area contributed by atoms with Crippen LogP contribution in [0, 0.1) is 0 Å². The van der Waals surface area contributed by atoms with E-state index in [9.17, 15) is 14.4 Å². The molecule has 28 heavy (non-hydrogen) atoms. The number of nitrogens with one attached hydrogen (secondary N) is 2. The molecule has 2 aliphatic rings. The molecule has 3 amide bonds. The third-order valence-corrected chi connectivity index (χ3v) is 5.51. The predicted octanol–water partition coefficient (Wildman–Crippen LogP) is 1.53. The summed E-state index contributed by atoms with van der Waals surface area (Å²) in [5, 5.41) is 10.7. The van der Waals surface area contributed by atoms with Crippen molar-refractivity contribution < 1.29 is 19.1 Å². The third-order valence-electron chi connectivity index (χ3n) is 5.51. The number of aromatic nitrogens is 2. The monoisotopic (exact) mass is 384 g/mol. The van der Waals surface area contributed by atoms with E-state index in [4.69, 9.17) is 4.74 Å². The van der Waals surface area contributed by atoms with Crippen LogP contribution >= 0.6 is 0 Å². The van der Waals surface area contributed by atoms with Crippen LogP contribution in [-0.4, -0.2) is 40.2 Å². The second kappa shape index (κ2) is 7.61. The lowest BCUT2D eigenvalue weighted by Gasteiger charge is -2.19. The fourth-order valence-electron chi connectivity index (χ4n) is 4.06. The number of aryl methyl sites for hydroxylation is 1. The number of amides is 3. The number of piperidine rings is 1. The molecule has 1 aliphatic heterocycles. The highest BCUT2D eigenvalue weighted by molar-refractivity contribution is 6.02. The molecule has 1 atom stereocenters. The van der Waals surface area contributed by atoms with Gasteiger partial charge in [-0.1, -0.05) is 12.8 Å². The molecule has 2 fully saturated rings. The van der Waals surface area contributed by atoms with E-state index in [1.165, 1.54) is 12.8 Å². The van der Waals surface area contributed by atoms with Gasteiger partial charge >= 0.3 is 0 Å². The molecular formula is C20H24N4O4. The Bertz CT molecular complexity index is 930. The van der Waals surface area contributed by atoms with Gasteiger partial charge in [0.2, 0.25) is 11.8 Å². The molecule has 2 N–H and O–H groups in total. The van der Waals surface area contributed by atoms with Crippen LogP contribution in [0.4, 0.5) is 0 Å². The van der Waals surface area contributed by atoms with Gasteiger partial charge in [0.25, 0.3) is 5.91 Å². The van der Waals surface area contributed by atoms with Crippen molar-refractivity contribution >= 4 is 28.6 Å². The van der Waals surface area contributed by atoms with Crippen molar-refractivity contribution in [2.45, 2.75) is 50.5 Å². The zero-order valence-electron chi connectivity index (χ0n) is 15.9. The van der Waals surface area contributed by atoms with Crippen LogP contribution in [0.2, 0.25) is 0 Å². The summed E-state index contributed by atoms with van der Waals surface area (Å²) in [6, 6.07) is 5.72. The van der Waals surface area contributed by atoms with Gasteiger partial charge in [-0.05, 0) is 31.4 Å². The van der Waals surface area contributed by atoms with Crippen molar-refractivity contribution in [2.75, 3.05) is 6.61 Å². The Morgan fingerprint density at radius 3 is 2.82 bits per heavy atom. The summed E-state index contributed by atoms with van der Waals surface area (Å²) >= 11 is 0. The molecule has 1 aromatic heterocycles. The molecule has 1 aliphatic carbocycles. The Morgan fingerprint density at radius 2 is 2.07 bits per heavy atom. The minimum atomic E-state index is -0.439. The minimum Gasteiger partial charge on any atom is -0.484 e. The second-order valence-corrected chi connectivity index (χ2v) is 7.53. The van der Waals surface area contributed by atoms with E-state index in [2.05, 4.69) is 15.7 Å². The van der Waals surface area contributed by atoms with Crippen LogP contribution in [0.25, 0.3) is 10.9 Å². The van der Waals surface area contributed by atoms with Gasteiger partial charge in [-0.3, -0.25) is 24.4 Å². The Labute approximate surface area is 162 Å². The van der Waals surface area contributed by atoms with Crippen molar-refractivity contribution in [3.05, 3.63) is 23.9 Å². The van der Waals surface area contributed by atoms with Crippen LogP contribution < -0.4 is 15.4 Å². The summed E-state index contributed by atoms with van der Waals surface area (Å²) in [6.07, 6.45) is 5.17. The van der Waals surface area contributed by atoms with Crippen molar-refractivity contribution in [2.24, 2.45) is 7.05 Å². The van der Waals surface area contributed by atoms with Gasteiger partial charge < -0.3 is 10.1 Å². The van der Waals surface area contributed by atoms with Crippen LogP contribution in [0.5, 0.6) is 5.75 Å². The average Bonchev–Trinajstić information content (AvgIpc) is 3.28. The van der Waals surface area contributed by atoms with E-state index >= 15 is 0 Å². The number of hydrogen-bond acceptors (Lipinski definition) is 5. The number of benzene rings is 1. The Morgan fingerprint density at radius 1 is 1.29 bits per heavy atom. The molecule has 1 aromatic carbocycles. The number of fused-ring (bicyclic) bond motifs is 1. The topological polar surface area (TPSA) is 102 Å².